The van der Waals surface area contributed by atoms with E-state index in [0.29, 0.717) is 12.5 Å². The second-order valence-corrected chi connectivity index (χ2v) is 5.58. The molecular formula is C19H23NO. The zero-order chi connectivity index (χ0) is 15.1. The summed E-state index contributed by atoms with van der Waals surface area (Å²) < 4.78 is 0. The fraction of sp³-hybridized carbons (Fsp3) is 0.316. The molecule has 0 spiro atoms. The number of carbonyl (C=O) groups excluding carboxylic acids is 1. The zero-order valence-corrected chi connectivity index (χ0v) is 12.8. The quantitative estimate of drug-likeness (QED) is 0.605. The van der Waals surface area contributed by atoms with Crippen LogP contribution < -0.4 is 5.32 Å². The molecule has 0 saturated heterocycles. The van der Waals surface area contributed by atoms with Crippen molar-refractivity contribution < 1.29 is 4.79 Å². The molecule has 0 atom stereocenters. The summed E-state index contributed by atoms with van der Waals surface area (Å²) >= 11 is 0. The molecule has 0 amide bonds. The van der Waals surface area contributed by atoms with Gasteiger partial charge in [-0.3, -0.25) is 4.79 Å². The number of rotatable bonds is 7. The Labute approximate surface area is 127 Å². The van der Waals surface area contributed by atoms with Gasteiger partial charge in [-0.15, -0.1) is 0 Å². The lowest BCUT2D eigenvalue weighted by Gasteiger charge is -2.07. The molecule has 0 aromatic heterocycles. The Morgan fingerprint density at radius 1 is 0.952 bits per heavy atom. The van der Waals surface area contributed by atoms with Crippen LogP contribution in [0.15, 0.2) is 54.6 Å². The number of hydrogen-bond donors (Lipinski definition) is 1. The number of Topliss-reactive ketones (excluding diaryl/α,β-unsaturated/α-hetero) is 1. The van der Waals surface area contributed by atoms with E-state index >= 15 is 0 Å². The third kappa shape index (κ3) is 4.83. The summed E-state index contributed by atoms with van der Waals surface area (Å²) in [5.74, 6) is 0.222. The Morgan fingerprint density at radius 2 is 1.57 bits per heavy atom. The molecule has 0 saturated carbocycles. The topological polar surface area (TPSA) is 29.1 Å². The van der Waals surface area contributed by atoms with E-state index in [-0.39, 0.29) is 5.78 Å². The van der Waals surface area contributed by atoms with Gasteiger partial charge in [0.25, 0.3) is 0 Å². The summed E-state index contributed by atoms with van der Waals surface area (Å²) in [5, 5.41) is 3.33. The van der Waals surface area contributed by atoms with Crippen LogP contribution in [0.1, 0.15) is 37.0 Å². The molecule has 0 aliphatic heterocycles. The maximum absolute atomic E-state index is 12.1. The van der Waals surface area contributed by atoms with E-state index in [1.807, 2.05) is 42.5 Å². The summed E-state index contributed by atoms with van der Waals surface area (Å²) in [7, 11) is 0. The number of nitrogens with one attached hydrogen (secondary N) is 1. The maximum atomic E-state index is 12.1. The first-order valence-electron chi connectivity index (χ1n) is 7.59. The van der Waals surface area contributed by atoms with E-state index in [2.05, 4.69) is 31.3 Å². The Hall–Kier alpha value is -1.93. The molecule has 2 rings (SSSR count). The van der Waals surface area contributed by atoms with Gasteiger partial charge in [-0.1, -0.05) is 68.4 Å². The van der Waals surface area contributed by atoms with E-state index in [0.717, 1.165) is 24.1 Å². The molecule has 0 radical (unpaired) electrons. The lowest BCUT2D eigenvalue weighted by Crippen LogP contribution is -2.24. The van der Waals surface area contributed by atoms with E-state index < -0.39 is 0 Å². The van der Waals surface area contributed by atoms with Crippen LogP contribution in [0.3, 0.4) is 0 Å². The maximum Gasteiger partial charge on any atom is 0.162 e. The minimum atomic E-state index is 0.222. The van der Waals surface area contributed by atoms with Gasteiger partial charge in [-0.25, -0.2) is 0 Å². The molecule has 2 aromatic rings. The highest BCUT2D eigenvalue weighted by molar-refractivity contribution is 5.96. The van der Waals surface area contributed by atoms with Crippen molar-refractivity contribution in [1.29, 1.82) is 0 Å². The molecule has 0 bridgehead atoms. The van der Waals surface area contributed by atoms with Gasteiger partial charge in [0.2, 0.25) is 0 Å². The normalized spacial score (nSPS) is 10.8. The van der Waals surface area contributed by atoms with E-state index in [9.17, 15) is 4.79 Å². The highest BCUT2D eigenvalue weighted by atomic mass is 16.1. The van der Waals surface area contributed by atoms with Crippen LogP contribution in [0.4, 0.5) is 0 Å². The Balaban J connectivity index is 1.91. The van der Waals surface area contributed by atoms with Crippen LogP contribution >= 0.6 is 0 Å². The molecule has 21 heavy (non-hydrogen) atoms. The number of ketones is 1. The highest BCUT2D eigenvalue weighted by Gasteiger charge is 2.06. The average molecular weight is 281 g/mol. The van der Waals surface area contributed by atoms with Crippen molar-refractivity contribution in [3.05, 3.63) is 60.2 Å². The number of carbonyl (C=O) groups is 1. The van der Waals surface area contributed by atoms with Gasteiger partial charge in [0.05, 0.1) is 0 Å². The smallest absolute Gasteiger partial charge is 0.162 e. The van der Waals surface area contributed by atoms with Crippen LogP contribution in [0.2, 0.25) is 0 Å². The lowest BCUT2D eigenvalue weighted by molar-refractivity contribution is 0.0980. The summed E-state index contributed by atoms with van der Waals surface area (Å²) in [5.41, 5.74) is 3.13. The van der Waals surface area contributed by atoms with Crippen LogP contribution in [-0.4, -0.2) is 18.4 Å². The van der Waals surface area contributed by atoms with Crippen LogP contribution in [0.25, 0.3) is 11.1 Å². The summed E-state index contributed by atoms with van der Waals surface area (Å²) in [6, 6.07) is 18.6. The van der Waals surface area contributed by atoms with Crippen LogP contribution in [0.5, 0.6) is 0 Å². The fourth-order valence-electron chi connectivity index (χ4n) is 2.26. The molecule has 2 nitrogen and oxygen atoms in total. The molecule has 110 valence electrons. The van der Waals surface area contributed by atoms with Gasteiger partial charge >= 0.3 is 0 Å². The van der Waals surface area contributed by atoms with Crippen molar-refractivity contribution in [2.75, 3.05) is 6.54 Å². The van der Waals surface area contributed by atoms with Crippen LogP contribution in [-0.2, 0) is 0 Å². The van der Waals surface area contributed by atoms with Gasteiger partial charge in [-0.05, 0) is 24.1 Å². The predicted molar refractivity (Wildman–Crippen MR) is 88.6 cm³/mol. The standard InChI is InChI=1S/C19H23NO/c1-15(2)20-14-6-9-19(21)18-12-10-17(11-13-18)16-7-4-3-5-8-16/h3-5,7-8,10-13,15,20H,6,9,14H2,1-2H3. The molecule has 1 N–H and O–H groups in total. The summed E-state index contributed by atoms with van der Waals surface area (Å²) in [4.78, 5) is 12.1. The van der Waals surface area contributed by atoms with E-state index in [1.165, 1.54) is 5.56 Å². The van der Waals surface area contributed by atoms with Gasteiger partial charge in [0, 0.05) is 18.0 Å². The van der Waals surface area contributed by atoms with Crippen molar-refractivity contribution >= 4 is 5.78 Å². The monoisotopic (exact) mass is 281 g/mol. The molecule has 0 aliphatic carbocycles. The minimum Gasteiger partial charge on any atom is -0.315 e. The molecule has 0 aliphatic rings. The molecule has 2 heteroatoms. The van der Waals surface area contributed by atoms with Crippen molar-refractivity contribution in [3.63, 3.8) is 0 Å². The zero-order valence-electron chi connectivity index (χ0n) is 12.8. The van der Waals surface area contributed by atoms with E-state index in [4.69, 9.17) is 0 Å². The largest absolute Gasteiger partial charge is 0.315 e. The third-order valence-corrected chi connectivity index (χ3v) is 3.45. The van der Waals surface area contributed by atoms with Crippen LogP contribution in [0, 0.1) is 0 Å². The SMILES string of the molecule is CC(C)NCCCC(=O)c1ccc(-c2ccccc2)cc1. The third-order valence-electron chi connectivity index (χ3n) is 3.45. The average Bonchev–Trinajstić information content (AvgIpc) is 2.52. The first-order chi connectivity index (χ1) is 10.2. The molecule has 0 unspecified atom stereocenters. The Morgan fingerprint density at radius 3 is 2.19 bits per heavy atom. The highest BCUT2D eigenvalue weighted by Crippen LogP contribution is 2.19. The number of hydrogen-bond acceptors (Lipinski definition) is 2. The second kappa shape index (κ2) is 7.75. The molecular weight excluding hydrogens is 258 g/mol. The summed E-state index contributed by atoms with van der Waals surface area (Å²) in [6.07, 6.45) is 1.49. The minimum absolute atomic E-state index is 0.222. The molecule has 2 aromatic carbocycles. The van der Waals surface area contributed by atoms with Crippen molar-refractivity contribution in [2.45, 2.75) is 32.7 Å². The van der Waals surface area contributed by atoms with Crippen molar-refractivity contribution in [1.82, 2.24) is 5.32 Å². The Bertz CT molecular complexity index is 558. The molecule has 0 heterocycles. The van der Waals surface area contributed by atoms with Gasteiger partial charge in [0.15, 0.2) is 5.78 Å². The molecule has 0 fully saturated rings. The first kappa shape index (κ1) is 15.5. The lowest BCUT2D eigenvalue weighted by atomic mass is 10.0. The second-order valence-electron chi connectivity index (χ2n) is 5.58. The summed E-state index contributed by atoms with van der Waals surface area (Å²) in [6.45, 7) is 5.12. The predicted octanol–water partition coefficient (Wildman–Crippen LogP) is 4.31. The van der Waals surface area contributed by atoms with Gasteiger partial charge < -0.3 is 5.32 Å². The fourth-order valence-corrected chi connectivity index (χ4v) is 2.26. The van der Waals surface area contributed by atoms with E-state index in [1.54, 1.807) is 0 Å². The number of benzene rings is 2. The van der Waals surface area contributed by atoms with Gasteiger partial charge in [0.1, 0.15) is 0 Å². The first-order valence-corrected chi connectivity index (χ1v) is 7.59. The van der Waals surface area contributed by atoms with Gasteiger partial charge in [-0.2, -0.15) is 0 Å². The Kier molecular flexibility index (Phi) is 5.70. The van der Waals surface area contributed by atoms with Crippen molar-refractivity contribution in [3.8, 4) is 11.1 Å². The van der Waals surface area contributed by atoms with Crippen molar-refractivity contribution in [2.24, 2.45) is 0 Å².